The number of carbonyl (C=O) groups is 2. The fourth-order valence-electron chi connectivity index (χ4n) is 1.28. The maximum atomic E-state index is 12.4. The zero-order valence-electron chi connectivity index (χ0n) is 10.5. The van der Waals surface area contributed by atoms with Gasteiger partial charge < -0.3 is 10.0 Å². The van der Waals surface area contributed by atoms with Crippen molar-refractivity contribution in [1.82, 2.24) is 9.88 Å². The first-order valence-corrected chi connectivity index (χ1v) is 6.16. The second kappa shape index (κ2) is 6.12. The van der Waals surface area contributed by atoms with Crippen LogP contribution in [0.25, 0.3) is 0 Å². The van der Waals surface area contributed by atoms with Gasteiger partial charge in [-0.2, -0.15) is 13.2 Å². The number of amides is 1. The molecule has 1 aromatic rings. The summed E-state index contributed by atoms with van der Waals surface area (Å²) in [4.78, 5) is 27.2. The predicted octanol–water partition coefficient (Wildman–Crippen LogP) is 2.24. The number of alkyl halides is 3. The van der Waals surface area contributed by atoms with Crippen molar-refractivity contribution < 1.29 is 27.9 Å². The van der Waals surface area contributed by atoms with Crippen LogP contribution in [-0.2, 0) is 4.79 Å². The molecule has 0 aliphatic heterocycles. The van der Waals surface area contributed by atoms with Crippen molar-refractivity contribution in [3.8, 4) is 0 Å². The number of nitrogens with zero attached hydrogens (tertiary/aromatic N) is 2. The van der Waals surface area contributed by atoms with E-state index < -0.39 is 40.2 Å². The van der Waals surface area contributed by atoms with Crippen LogP contribution in [0.3, 0.4) is 0 Å². The van der Waals surface area contributed by atoms with Gasteiger partial charge in [0, 0.05) is 25.0 Å². The maximum absolute atomic E-state index is 12.4. The summed E-state index contributed by atoms with van der Waals surface area (Å²) in [7, 11) is 1.20. The van der Waals surface area contributed by atoms with E-state index in [9.17, 15) is 22.8 Å². The highest BCUT2D eigenvalue weighted by molar-refractivity contribution is 8.00. The topological polar surface area (TPSA) is 70.5 Å². The molecule has 0 bridgehead atoms. The number of carbonyl (C=O) groups excluding carboxylic acids is 1. The molecular weight excluding hydrogens is 297 g/mol. The molecule has 1 aromatic heterocycles. The fraction of sp³-hybridized carbons (Fsp3) is 0.364. The molecule has 9 heteroatoms. The summed E-state index contributed by atoms with van der Waals surface area (Å²) >= 11 is -0.513. The standard InChI is InChI=1S/C11H11F3N2O3S/c1-6(10(18)19)16(2)9(17)7-4-3-5-15-8(7)20-11(12,13)14/h3-6H,1-2H3,(H,18,19). The average molecular weight is 308 g/mol. The molecule has 20 heavy (non-hydrogen) atoms. The SMILES string of the molecule is CC(C(=O)O)N(C)C(=O)c1cccnc1SC(F)(F)F. The molecule has 0 aromatic carbocycles. The first kappa shape index (κ1) is 16.3. The Kier molecular flexibility index (Phi) is 4.98. The third-order valence-corrected chi connectivity index (χ3v) is 3.22. The summed E-state index contributed by atoms with van der Waals surface area (Å²) in [6.07, 6.45) is 1.13. The lowest BCUT2D eigenvalue weighted by atomic mass is 10.2. The van der Waals surface area contributed by atoms with E-state index in [0.717, 1.165) is 11.1 Å². The molecule has 1 unspecified atom stereocenters. The van der Waals surface area contributed by atoms with Crippen LogP contribution in [0.4, 0.5) is 13.2 Å². The molecule has 1 amide bonds. The quantitative estimate of drug-likeness (QED) is 0.864. The number of rotatable bonds is 4. The smallest absolute Gasteiger partial charge is 0.447 e. The van der Waals surface area contributed by atoms with Crippen molar-refractivity contribution in [3.63, 3.8) is 0 Å². The van der Waals surface area contributed by atoms with Crippen molar-refractivity contribution in [2.45, 2.75) is 23.5 Å². The number of thioether (sulfide) groups is 1. The largest absolute Gasteiger partial charge is 0.480 e. The first-order valence-electron chi connectivity index (χ1n) is 5.34. The second-order valence-corrected chi connectivity index (χ2v) is 4.89. The monoisotopic (exact) mass is 308 g/mol. The molecule has 1 heterocycles. The summed E-state index contributed by atoms with van der Waals surface area (Å²) in [6, 6.07) is 1.33. The van der Waals surface area contributed by atoms with Gasteiger partial charge in [-0.25, -0.2) is 9.78 Å². The van der Waals surface area contributed by atoms with E-state index in [-0.39, 0.29) is 5.56 Å². The van der Waals surface area contributed by atoms with Crippen LogP contribution < -0.4 is 0 Å². The molecule has 0 aliphatic carbocycles. The van der Waals surface area contributed by atoms with Gasteiger partial charge in [-0.15, -0.1) is 0 Å². The van der Waals surface area contributed by atoms with E-state index in [1.165, 1.54) is 26.1 Å². The molecule has 0 fully saturated rings. The molecule has 0 saturated heterocycles. The Morgan fingerprint density at radius 3 is 2.55 bits per heavy atom. The van der Waals surface area contributed by atoms with Crippen molar-refractivity contribution in [2.24, 2.45) is 0 Å². The lowest BCUT2D eigenvalue weighted by Crippen LogP contribution is -2.40. The molecule has 0 spiro atoms. The van der Waals surface area contributed by atoms with E-state index >= 15 is 0 Å². The number of aliphatic carboxylic acids is 1. The summed E-state index contributed by atoms with van der Waals surface area (Å²) < 4.78 is 37.1. The molecule has 0 radical (unpaired) electrons. The summed E-state index contributed by atoms with van der Waals surface area (Å²) in [5.74, 6) is -2.09. The maximum Gasteiger partial charge on any atom is 0.447 e. The van der Waals surface area contributed by atoms with Crippen molar-refractivity contribution in [3.05, 3.63) is 23.9 Å². The minimum Gasteiger partial charge on any atom is -0.480 e. The first-order chi connectivity index (χ1) is 9.13. The Bertz CT molecular complexity index is 522. The second-order valence-electron chi connectivity index (χ2n) is 3.83. The molecule has 1 atom stereocenters. The van der Waals surface area contributed by atoms with Gasteiger partial charge in [-0.3, -0.25) is 4.79 Å². The third-order valence-electron chi connectivity index (χ3n) is 2.47. The Hall–Kier alpha value is -1.77. The minimum absolute atomic E-state index is 0.287. The van der Waals surface area contributed by atoms with Crippen molar-refractivity contribution in [1.29, 1.82) is 0 Å². The zero-order valence-corrected chi connectivity index (χ0v) is 11.3. The highest BCUT2D eigenvalue weighted by atomic mass is 32.2. The normalized spacial score (nSPS) is 12.8. The molecular formula is C11H11F3N2O3S. The number of hydrogen-bond acceptors (Lipinski definition) is 4. The molecule has 0 saturated carbocycles. The minimum atomic E-state index is -4.58. The van der Waals surface area contributed by atoms with Gasteiger partial charge in [0.05, 0.1) is 5.56 Å². The van der Waals surface area contributed by atoms with E-state index in [0.29, 0.717) is 0 Å². The van der Waals surface area contributed by atoms with Crippen LogP contribution in [0.1, 0.15) is 17.3 Å². The summed E-state index contributed by atoms with van der Waals surface area (Å²) in [6.45, 7) is 1.26. The fourth-order valence-corrected chi connectivity index (χ4v) is 1.87. The van der Waals surface area contributed by atoms with Crippen LogP contribution in [-0.4, -0.2) is 45.5 Å². The average Bonchev–Trinajstić information content (AvgIpc) is 2.34. The Morgan fingerprint density at radius 1 is 1.45 bits per heavy atom. The lowest BCUT2D eigenvalue weighted by molar-refractivity contribution is -0.141. The van der Waals surface area contributed by atoms with E-state index in [1.54, 1.807) is 0 Å². The number of carboxylic acid groups (broad SMARTS) is 1. The number of pyridine rings is 1. The Morgan fingerprint density at radius 2 is 2.05 bits per heavy atom. The van der Waals surface area contributed by atoms with Gasteiger partial charge in [0.25, 0.3) is 5.91 Å². The van der Waals surface area contributed by atoms with E-state index in [2.05, 4.69) is 4.98 Å². The number of halogens is 3. The molecule has 110 valence electrons. The van der Waals surface area contributed by atoms with E-state index in [1.807, 2.05) is 0 Å². The van der Waals surface area contributed by atoms with Crippen molar-refractivity contribution in [2.75, 3.05) is 7.05 Å². The van der Waals surface area contributed by atoms with Crippen LogP contribution in [0.5, 0.6) is 0 Å². The van der Waals surface area contributed by atoms with E-state index in [4.69, 9.17) is 5.11 Å². The van der Waals surface area contributed by atoms with Crippen molar-refractivity contribution >= 4 is 23.6 Å². The molecule has 1 N–H and O–H groups in total. The number of likely N-dealkylation sites (N-methyl/N-ethyl adjacent to an activating group) is 1. The van der Waals surface area contributed by atoms with Crippen LogP contribution in [0, 0.1) is 0 Å². The Balaban J connectivity index is 3.07. The third kappa shape index (κ3) is 4.12. The van der Waals surface area contributed by atoms with Crippen LogP contribution in [0.15, 0.2) is 23.4 Å². The van der Waals surface area contributed by atoms with Gasteiger partial charge in [0.2, 0.25) is 0 Å². The van der Waals surface area contributed by atoms with Crippen LogP contribution >= 0.6 is 11.8 Å². The molecule has 5 nitrogen and oxygen atoms in total. The predicted molar refractivity (Wildman–Crippen MR) is 65.3 cm³/mol. The number of aromatic nitrogens is 1. The summed E-state index contributed by atoms with van der Waals surface area (Å²) in [5.41, 5.74) is -4.87. The molecule has 0 aliphatic rings. The summed E-state index contributed by atoms with van der Waals surface area (Å²) in [5, 5.41) is 8.30. The highest BCUT2D eigenvalue weighted by Gasteiger charge is 2.33. The molecule has 1 rings (SSSR count). The lowest BCUT2D eigenvalue weighted by Gasteiger charge is -2.22. The highest BCUT2D eigenvalue weighted by Crippen LogP contribution is 2.37. The zero-order chi connectivity index (χ0) is 15.5. The number of carboxylic acids is 1. The van der Waals surface area contributed by atoms with Gasteiger partial charge in [-0.1, -0.05) is 0 Å². The van der Waals surface area contributed by atoms with Crippen LogP contribution in [0.2, 0.25) is 0 Å². The Labute approximate surface area is 116 Å². The van der Waals surface area contributed by atoms with Gasteiger partial charge >= 0.3 is 11.5 Å². The van der Waals surface area contributed by atoms with Gasteiger partial charge in [-0.05, 0) is 19.1 Å². The van der Waals surface area contributed by atoms with Gasteiger partial charge in [0.1, 0.15) is 11.1 Å². The van der Waals surface area contributed by atoms with Gasteiger partial charge in [0.15, 0.2) is 0 Å². The number of hydrogen-bond donors (Lipinski definition) is 1.